The van der Waals surface area contributed by atoms with Crippen LogP contribution in [0.2, 0.25) is 0 Å². The maximum Gasteiger partial charge on any atom is 0.189 e. The Morgan fingerprint density at radius 1 is 1.50 bits per heavy atom. The maximum atomic E-state index is 10.5. The van der Waals surface area contributed by atoms with Gasteiger partial charge in [-0.15, -0.1) is 0 Å². The van der Waals surface area contributed by atoms with Crippen molar-refractivity contribution in [1.29, 1.82) is 0 Å². The molecule has 1 rings (SSSR count). The Kier molecular flexibility index (Phi) is 4.62. The van der Waals surface area contributed by atoms with E-state index < -0.39 is 0 Å². The second kappa shape index (κ2) is 5.78. The highest BCUT2D eigenvalue weighted by atomic mass is 79.9. The average molecular weight is 259 g/mol. The molecule has 1 aromatic rings. The van der Waals surface area contributed by atoms with Crippen molar-refractivity contribution in [3.05, 3.63) is 28.2 Å². The predicted molar refractivity (Wildman–Crippen MR) is 56.7 cm³/mol. The SMILES string of the molecule is CCOCOc1cc(C=O)ccc1Br. The molecule has 0 unspecified atom stereocenters. The molecule has 0 saturated heterocycles. The van der Waals surface area contributed by atoms with Gasteiger partial charge < -0.3 is 9.47 Å². The lowest BCUT2D eigenvalue weighted by molar-refractivity contribution is 0.0219. The van der Waals surface area contributed by atoms with Gasteiger partial charge in [-0.2, -0.15) is 0 Å². The molecule has 0 radical (unpaired) electrons. The summed E-state index contributed by atoms with van der Waals surface area (Å²) in [4.78, 5) is 10.5. The number of hydrogen-bond donors (Lipinski definition) is 0. The number of hydrogen-bond acceptors (Lipinski definition) is 3. The highest BCUT2D eigenvalue weighted by Crippen LogP contribution is 2.25. The molecule has 0 atom stereocenters. The molecule has 4 heteroatoms. The lowest BCUT2D eigenvalue weighted by Gasteiger charge is -2.07. The van der Waals surface area contributed by atoms with E-state index in [-0.39, 0.29) is 6.79 Å². The third-order valence-electron chi connectivity index (χ3n) is 1.59. The van der Waals surface area contributed by atoms with Crippen molar-refractivity contribution >= 4 is 22.2 Å². The minimum atomic E-state index is 0.192. The number of aldehydes is 1. The first-order valence-corrected chi connectivity index (χ1v) is 5.02. The summed E-state index contributed by atoms with van der Waals surface area (Å²) in [6.45, 7) is 2.68. The smallest absolute Gasteiger partial charge is 0.189 e. The van der Waals surface area contributed by atoms with Crippen LogP contribution in [0, 0.1) is 0 Å². The third kappa shape index (κ3) is 3.12. The molecule has 0 bridgehead atoms. The van der Waals surface area contributed by atoms with E-state index in [1.54, 1.807) is 18.2 Å². The lowest BCUT2D eigenvalue weighted by Crippen LogP contribution is -2.02. The summed E-state index contributed by atoms with van der Waals surface area (Å²) in [6, 6.07) is 5.14. The van der Waals surface area contributed by atoms with Crippen LogP contribution in [0.3, 0.4) is 0 Å². The van der Waals surface area contributed by atoms with E-state index in [1.165, 1.54) is 0 Å². The van der Waals surface area contributed by atoms with Gasteiger partial charge in [0, 0.05) is 12.2 Å². The van der Waals surface area contributed by atoms with Crippen LogP contribution in [0.4, 0.5) is 0 Å². The number of carbonyl (C=O) groups is 1. The van der Waals surface area contributed by atoms with Gasteiger partial charge in [0.05, 0.1) is 4.47 Å². The summed E-state index contributed by atoms with van der Waals surface area (Å²) in [7, 11) is 0. The van der Waals surface area contributed by atoms with Gasteiger partial charge in [0.2, 0.25) is 0 Å². The summed E-state index contributed by atoms with van der Waals surface area (Å²) in [5, 5.41) is 0. The molecule has 0 N–H and O–H groups in total. The van der Waals surface area contributed by atoms with Crippen LogP contribution < -0.4 is 4.74 Å². The van der Waals surface area contributed by atoms with Gasteiger partial charge in [-0.25, -0.2) is 0 Å². The van der Waals surface area contributed by atoms with Crippen LogP contribution in [-0.2, 0) is 4.74 Å². The van der Waals surface area contributed by atoms with E-state index in [2.05, 4.69) is 15.9 Å². The Hall–Kier alpha value is -0.870. The van der Waals surface area contributed by atoms with Crippen LogP contribution in [0.15, 0.2) is 22.7 Å². The summed E-state index contributed by atoms with van der Waals surface area (Å²) in [5.41, 5.74) is 0.583. The van der Waals surface area contributed by atoms with Gasteiger partial charge >= 0.3 is 0 Å². The number of carbonyl (C=O) groups excluding carboxylic acids is 1. The van der Waals surface area contributed by atoms with Gasteiger partial charge in [-0.1, -0.05) is 6.07 Å². The zero-order valence-corrected chi connectivity index (χ0v) is 9.41. The quantitative estimate of drug-likeness (QED) is 0.463. The summed E-state index contributed by atoms with van der Waals surface area (Å²) >= 11 is 3.32. The fraction of sp³-hybridized carbons (Fsp3) is 0.300. The Morgan fingerprint density at radius 2 is 2.29 bits per heavy atom. The Labute approximate surface area is 91.1 Å². The van der Waals surface area contributed by atoms with Gasteiger partial charge in [0.15, 0.2) is 6.79 Å². The monoisotopic (exact) mass is 258 g/mol. The molecule has 0 aliphatic heterocycles. The third-order valence-corrected chi connectivity index (χ3v) is 2.25. The number of halogens is 1. The predicted octanol–water partition coefficient (Wildman–Crippen LogP) is 2.63. The molecule has 14 heavy (non-hydrogen) atoms. The first-order valence-electron chi connectivity index (χ1n) is 4.23. The largest absolute Gasteiger partial charge is 0.466 e. The fourth-order valence-corrected chi connectivity index (χ4v) is 1.25. The molecule has 0 fully saturated rings. The minimum absolute atomic E-state index is 0.192. The second-order valence-electron chi connectivity index (χ2n) is 2.56. The molecule has 0 aromatic heterocycles. The maximum absolute atomic E-state index is 10.5. The van der Waals surface area contributed by atoms with E-state index in [4.69, 9.17) is 9.47 Å². The summed E-state index contributed by atoms with van der Waals surface area (Å²) in [5.74, 6) is 0.614. The van der Waals surface area contributed by atoms with Crippen molar-refractivity contribution in [2.45, 2.75) is 6.92 Å². The molecular formula is C10H11BrO3. The van der Waals surface area contributed by atoms with E-state index in [1.807, 2.05) is 6.92 Å². The minimum Gasteiger partial charge on any atom is -0.466 e. The average Bonchev–Trinajstić information content (AvgIpc) is 2.21. The van der Waals surface area contributed by atoms with Gasteiger partial charge in [-0.3, -0.25) is 4.79 Å². The van der Waals surface area contributed by atoms with E-state index >= 15 is 0 Å². The Balaban J connectivity index is 2.68. The van der Waals surface area contributed by atoms with Crippen molar-refractivity contribution < 1.29 is 14.3 Å². The van der Waals surface area contributed by atoms with Crippen molar-refractivity contribution in [2.24, 2.45) is 0 Å². The van der Waals surface area contributed by atoms with Gasteiger partial charge in [-0.05, 0) is 35.0 Å². The van der Waals surface area contributed by atoms with E-state index in [9.17, 15) is 4.79 Å². The van der Waals surface area contributed by atoms with Crippen LogP contribution in [0.1, 0.15) is 17.3 Å². The second-order valence-corrected chi connectivity index (χ2v) is 3.42. The first kappa shape index (κ1) is 11.2. The molecule has 0 heterocycles. The molecule has 0 spiro atoms. The molecule has 0 saturated carbocycles. The topological polar surface area (TPSA) is 35.5 Å². The van der Waals surface area contributed by atoms with Crippen LogP contribution in [0.25, 0.3) is 0 Å². The molecule has 3 nitrogen and oxygen atoms in total. The summed E-state index contributed by atoms with van der Waals surface area (Å²) in [6.07, 6.45) is 0.778. The fourth-order valence-electron chi connectivity index (χ4n) is 0.892. The Bertz CT molecular complexity index is 312. The first-order chi connectivity index (χ1) is 6.77. The standard InChI is InChI=1S/C10H11BrO3/c1-2-13-7-14-10-5-8(6-12)3-4-9(10)11/h3-6H,2,7H2,1H3. The van der Waals surface area contributed by atoms with Crippen LogP contribution >= 0.6 is 15.9 Å². The zero-order valence-electron chi connectivity index (χ0n) is 7.83. The molecule has 0 aliphatic rings. The Morgan fingerprint density at radius 3 is 2.93 bits per heavy atom. The molecule has 76 valence electrons. The van der Waals surface area contributed by atoms with Crippen molar-refractivity contribution in [1.82, 2.24) is 0 Å². The normalized spacial score (nSPS) is 9.86. The van der Waals surface area contributed by atoms with Gasteiger partial charge in [0.25, 0.3) is 0 Å². The van der Waals surface area contributed by atoms with Crippen molar-refractivity contribution in [2.75, 3.05) is 13.4 Å². The van der Waals surface area contributed by atoms with E-state index in [0.717, 1.165) is 10.8 Å². The zero-order chi connectivity index (χ0) is 10.4. The number of benzene rings is 1. The lowest BCUT2D eigenvalue weighted by atomic mass is 10.2. The molecule has 0 aliphatic carbocycles. The number of rotatable bonds is 5. The molecule has 1 aromatic carbocycles. The highest BCUT2D eigenvalue weighted by Gasteiger charge is 2.01. The van der Waals surface area contributed by atoms with Crippen LogP contribution in [-0.4, -0.2) is 19.7 Å². The van der Waals surface area contributed by atoms with Crippen molar-refractivity contribution in [3.8, 4) is 5.75 Å². The number of ether oxygens (including phenoxy) is 2. The molecular weight excluding hydrogens is 248 g/mol. The summed E-state index contributed by atoms with van der Waals surface area (Å²) < 4.78 is 11.1. The van der Waals surface area contributed by atoms with Crippen LogP contribution in [0.5, 0.6) is 5.75 Å². The molecule has 0 amide bonds. The van der Waals surface area contributed by atoms with Crippen molar-refractivity contribution in [3.63, 3.8) is 0 Å². The highest BCUT2D eigenvalue weighted by molar-refractivity contribution is 9.10. The van der Waals surface area contributed by atoms with Gasteiger partial charge in [0.1, 0.15) is 12.0 Å². The van der Waals surface area contributed by atoms with E-state index in [0.29, 0.717) is 17.9 Å².